The van der Waals surface area contributed by atoms with Gasteiger partial charge in [-0.2, -0.15) is 0 Å². The van der Waals surface area contributed by atoms with Crippen LogP contribution in [0.5, 0.6) is 5.75 Å². The summed E-state index contributed by atoms with van der Waals surface area (Å²) in [5.74, 6) is -0.188. The van der Waals surface area contributed by atoms with Crippen LogP contribution in [0.15, 0.2) is 23.1 Å². The minimum absolute atomic E-state index is 0.150. The summed E-state index contributed by atoms with van der Waals surface area (Å²) >= 11 is 0. The number of rotatable bonds is 6. The molecule has 1 aromatic carbocycles. The van der Waals surface area contributed by atoms with Gasteiger partial charge in [0, 0.05) is 12.1 Å². The van der Waals surface area contributed by atoms with E-state index in [1.54, 1.807) is 6.92 Å². The van der Waals surface area contributed by atoms with Crippen LogP contribution in [0.1, 0.15) is 30.6 Å². The molecule has 0 spiro atoms. The summed E-state index contributed by atoms with van der Waals surface area (Å²) in [5, 5.41) is 7.78. The quantitative estimate of drug-likeness (QED) is 0.810. The van der Waals surface area contributed by atoms with Crippen molar-refractivity contribution in [1.29, 1.82) is 0 Å². The zero-order valence-electron chi connectivity index (χ0n) is 11.0. The van der Waals surface area contributed by atoms with Crippen LogP contribution in [0.2, 0.25) is 0 Å². The summed E-state index contributed by atoms with van der Waals surface area (Å²) in [6.45, 7) is 4.49. The molecule has 0 aliphatic carbocycles. The second-order valence-corrected chi connectivity index (χ2v) is 5.43. The lowest BCUT2D eigenvalue weighted by Crippen LogP contribution is -2.24. The molecule has 0 saturated carbocycles. The van der Waals surface area contributed by atoms with Crippen molar-refractivity contribution in [1.82, 2.24) is 5.32 Å². The highest BCUT2D eigenvalue weighted by atomic mass is 32.2. The summed E-state index contributed by atoms with van der Waals surface area (Å²) in [7, 11) is -3.94. The van der Waals surface area contributed by atoms with E-state index in [9.17, 15) is 13.2 Å². The number of nitrogens with one attached hydrogen (secondary N) is 1. The average Bonchev–Trinajstić information content (AvgIpc) is 2.35. The van der Waals surface area contributed by atoms with Gasteiger partial charge in [-0.05, 0) is 31.5 Å². The van der Waals surface area contributed by atoms with E-state index in [4.69, 9.17) is 9.88 Å². The highest BCUT2D eigenvalue weighted by Gasteiger charge is 2.18. The number of hydrogen-bond acceptors (Lipinski definition) is 4. The molecule has 0 aliphatic heterocycles. The number of carbonyl (C=O) groups is 1. The fraction of sp³-hybridized carbons (Fsp3) is 0.417. The third-order valence-corrected chi connectivity index (χ3v) is 3.28. The van der Waals surface area contributed by atoms with Crippen molar-refractivity contribution < 1.29 is 17.9 Å². The minimum atomic E-state index is -3.94. The molecule has 0 atom stereocenters. The maximum Gasteiger partial charge on any atom is 0.251 e. The van der Waals surface area contributed by atoms with E-state index in [1.165, 1.54) is 18.2 Å². The lowest BCUT2D eigenvalue weighted by molar-refractivity contribution is 0.0953. The molecule has 1 aromatic rings. The summed E-state index contributed by atoms with van der Waals surface area (Å²) in [6.07, 6.45) is 0.796. The standard InChI is InChI=1S/C12H18N2O4S/c1-3-7-14-12(15)9-5-6-10(18-4-2)11(8-9)19(13,16)17/h5-6,8H,3-4,7H2,1-2H3,(H,14,15)(H2,13,16,17). The Kier molecular flexibility index (Phi) is 5.31. The first-order valence-electron chi connectivity index (χ1n) is 5.98. The van der Waals surface area contributed by atoms with Gasteiger partial charge in [0.15, 0.2) is 0 Å². The SMILES string of the molecule is CCCNC(=O)c1ccc(OCC)c(S(N)(=O)=O)c1. The Balaban J connectivity index is 3.15. The van der Waals surface area contributed by atoms with E-state index >= 15 is 0 Å². The van der Waals surface area contributed by atoms with E-state index in [0.717, 1.165) is 6.42 Å². The number of ether oxygens (including phenoxy) is 1. The van der Waals surface area contributed by atoms with Gasteiger partial charge in [0.05, 0.1) is 6.61 Å². The van der Waals surface area contributed by atoms with Gasteiger partial charge in [-0.15, -0.1) is 0 Å². The fourth-order valence-electron chi connectivity index (χ4n) is 1.49. The van der Waals surface area contributed by atoms with E-state index in [2.05, 4.69) is 5.32 Å². The molecule has 0 unspecified atom stereocenters. The van der Waals surface area contributed by atoms with Crippen LogP contribution in [0.3, 0.4) is 0 Å². The van der Waals surface area contributed by atoms with Gasteiger partial charge >= 0.3 is 0 Å². The van der Waals surface area contributed by atoms with E-state index in [-0.39, 0.29) is 22.1 Å². The second-order valence-electron chi connectivity index (χ2n) is 3.90. The molecule has 0 aromatic heterocycles. The van der Waals surface area contributed by atoms with Crippen molar-refractivity contribution in [2.75, 3.05) is 13.2 Å². The number of benzene rings is 1. The van der Waals surface area contributed by atoms with Crippen molar-refractivity contribution >= 4 is 15.9 Å². The van der Waals surface area contributed by atoms with Crippen LogP contribution in [-0.4, -0.2) is 27.5 Å². The second kappa shape index (κ2) is 6.53. The predicted octanol–water partition coefficient (Wildman–Crippen LogP) is 0.873. The molecule has 0 heterocycles. The molecule has 0 aliphatic rings. The monoisotopic (exact) mass is 286 g/mol. The summed E-state index contributed by atoms with van der Waals surface area (Å²) < 4.78 is 28.2. The highest BCUT2D eigenvalue weighted by molar-refractivity contribution is 7.89. The van der Waals surface area contributed by atoms with Gasteiger partial charge in [-0.1, -0.05) is 6.92 Å². The first kappa shape index (κ1) is 15.5. The van der Waals surface area contributed by atoms with Crippen LogP contribution in [0, 0.1) is 0 Å². The number of amides is 1. The number of carbonyl (C=O) groups excluding carboxylic acids is 1. The zero-order chi connectivity index (χ0) is 14.5. The molecular weight excluding hydrogens is 268 g/mol. The number of sulfonamides is 1. The Labute approximate surface area is 113 Å². The molecule has 1 amide bonds. The van der Waals surface area contributed by atoms with E-state index in [1.807, 2.05) is 6.92 Å². The topological polar surface area (TPSA) is 98.5 Å². The molecule has 3 N–H and O–H groups in total. The van der Waals surface area contributed by atoms with Crippen LogP contribution in [0.25, 0.3) is 0 Å². The fourth-order valence-corrected chi connectivity index (χ4v) is 2.19. The van der Waals surface area contributed by atoms with Crippen LogP contribution in [0.4, 0.5) is 0 Å². The molecular formula is C12H18N2O4S. The first-order chi connectivity index (χ1) is 8.90. The summed E-state index contributed by atoms with van der Waals surface area (Å²) in [5.41, 5.74) is 0.237. The van der Waals surface area contributed by atoms with Gasteiger partial charge in [0.1, 0.15) is 10.6 Å². The molecule has 6 nitrogen and oxygen atoms in total. The molecule has 1 rings (SSSR count). The maximum absolute atomic E-state index is 11.8. The Morgan fingerprint density at radius 1 is 1.37 bits per heavy atom. The first-order valence-corrected chi connectivity index (χ1v) is 7.52. The third kappa shape index (κ3) is 4.22. The van der Waals surface area contributed by atoms with Crippen molar-refractivity contribution in [3.05, 3.63) is 23.8 Å². The smallest absolute Gasteiger partial charge is 0.251 e. The Bertz CT molecular complexity index is 555. The third-order valence-electron chi connectivity index (χ3n) is 2.35. The Morgan fingerprint density at radius 3 is 2.58 bits per heavy atom. The maximum atomic E-state index is 11.8. The Morgan fingerprint density at radius 2 is 2.05 bits per heavy atom. The van der Waals surface area contributed by atoms with Gasteiger partial charge in [-0.3, -0.25) is 4.79 Å². The van der Waals surface area contributed by atoms with Crippen molar-refractivity contribution in [3.63, 3.8) is 0 Å². The highest BCUT2D eigenvalue weighted by Crippen LogP contribution is 2.24. The van der Waals surface area contributed by atoms with Gasteiger partial charge < -0.3 is 10.1 Å². The summed E-state index contributed by atoms with van der Waals surface area (Å²) in [4.78, 5) is 11.6. The normalized spacial score (nSPS) is 11.1. The van der Waals surface area contributed by atoms with Gasteiger partial charge in [0.2, 0.25) is 10.0 Å². The van der Waals surface area contributed by atoms with Gasteiger partial charge in [-0.25, -0.2) is 13.6 Å². The zero-order valence-corrected chi connectivity index (χ0v) is 11.8. The molecule has 0 radical (unpaired) electrons. The largest absolute Gasteiger partial charge is 0.492 e. The number of primary sulfonamides is 1. The van der Waals surface area contributed by atoms with Crippen molar-refractivity contribution in [2.45, 2.75) is 25.2 Å². The number of nitrogens with two attached hydrogens (primary N) is 1. The molecule has 0 saturated heterocycles. The molecule has 0 bridgehead atoms. The van der Waals surface area contributed by atoms with E-state index < -0.39 is 10.0 Å². The lowest BCUT2D eigenvalue weighted by atomic mass is 10.2. The summed E-state index contributed by atoms with van der Waals surface area (Å²) in [6, 6.07) is 4.17. The molecule has 106 valence electrons. The lowest BCUT2D eigenvalue weighted by Gasteiger charge is -2.10. The van der Waals surface area contributed by atoms with Gasteiger partial charge in [0.25, 0.3) is 5.91 Å². The molecule has 19 heavy (non-hydrogen) atoms. The Hall–Kier alpha value is -1.60. The predicted molar refractivity (Wildman–Crippen MR) is 71.6 cm³/mol. The molecule has 0 fully saturated rings. The van der Waals surface area contributed by atoms with Crippen molar-refractivity contribution in [3.8, 4) is 5.75 Å². The van der Waals surface area contributed by atoms with Crippen LogP contribution in [-0.2, 0) is 10.0 Å². The average molecular weight is 286 g/mol. The van der Waals surface area contributed by atoms with Crippen LogP contribution >= 0.6 is 0 Å². The van der Waals surface area contributed by atoms with E-state index in [0.29, 0.717) is 13.2 Å². The van der Waals surface area contributed by atoms with Crippen molar-refractivity contribution in [2.24, 2.45) is 5.14 Å². The van der Waals surface area contributed by atoms with Crippen LogP contribution < -0.4 is 15.2 Å². The molecule has 7 heteroatoms. The number of hydrogen-bond donors (Lipinski definition) is 2. The minimum Gasteiger partial charge on any atom is -0.492 e.